The molecular formula is C15H22N2O5S. The SMILES string of the molecule is CCC(NC(=O)c1cccc(S(=O)(=O)N(CC)CC)c1)C(=O)O. The zero-order chi connectivity index (χ0) is 17.6. The van der Waals surface area contributed by atoms with Gasteiger partial charge < -0.3 is 10.4 Å². The Morgan fingerprint density at radius 2 is 1.83 bits per heavy atom. The van der Waals surface area contributed by atoms with Crippen LogP contribution in [0.25, 0.3) is 0 Å². The number of hydrogen-bond acceptors (Lipinski definition) is 4. The second-order valence-electron chi connectivity index (χ2n) is 4.89. The first-order valence-corrected chi connectivity index (χ1v) is 8.85. The first-order valence-electron chi connectivity index (χ1n) is 7.41. The van der Waals surface area contributed by atoms with Crippen molar-refractivity contribution in [2.45, 2.75) is 38.1 Å². The molecule has 0 spiro atoms. The van der Waals surface area contributed by atoms with Crippen molar-refractivity contribution in [2.75, 3.05) is 13.1 Å². The largest absolute Gasteiger partial charge is 0.480 e. The van der Waals surface area contributed by atoms with Gasteiger partial charge in [0.05, 0.1) is 4.90 Å². The molecule has 1 rings (SSSR count). The number of carboxylic acid groups (broad SMARTS) is 1. The predicted octanol–water partition coefficient (Wildman–Crippen LogP) is 1.31. The van der Waals surface area contributed by atoms with Crippen LogP contribution in [0, 0.1) is 0 Å². The molecule has 0 aliphatic rings. The molecule has 0 fully saturated rings. The summed E-state index contributed by atoms with van der Waals surface area (Å²) in [5.74, 6) is -1.75. The van der Waals surface area contributed by atoms with Crippen molar-refractivity contribution in [2.24, 2.45) is 0 Å². The lowest BCUT2D eigenvalue weighted by Crippen LogP contribution is -2.40. The molecule has 0 aliphatic heterocycles. The number of carbonyl (C=O) groups is 2. The number of aliphatic carboxylic acids is 1. The summed E-state index contributed by atoms with van der Waals surface area (Å²) in [5, 5.41) is 11.3. The Kier molecular flexibility index (Phi) is 6.71. The van der Waals surface area contributed by atoms with Crippen molar-refractivity contribution >= 4 is 21.9 Å². The number of sulfonamides is 1. The maximum Gasteiger partial charge on any atom is 0.326 e. The Morgan fingerprint density at radius 1 is 1.22 bits per heavy atom. The standard InChI is InChI=1S/C15H22N2O5S/c1-4-13(15(19)20)16-14(18)11-8-7-9-12(10-11)23(21,22)17(5-2)6-3/h7-10,13H,4-6H2,1-3H3,(H,16,18)(H,19,20). The number of carbonyl (C=O) groups excluding carboxylic acids is 1. The van der Waals surface area contributed by atoms with Gasteiger partial charge in [-0.15, -0.1) is 0 Å². The van der Waals surface area contributed by atoms with Crippen LogP contribution in [0.4, 0.5) is 0 Å². The predicted molar refractivity (Wildman–Crippen MR) is 85.7 cm³/mol. The lowest BCUT2D eigenvalue weighted by atomic mass is 10.1. The molecular weight excluding hydrogens is 320 g/mol. The maximum atomic E-state index is 12.5. The summed E-state index contributed by atoms with van der Waals surface area (Å²) in [6.45, 7) is 5.76. The van der Waals surface area contributed by atoms with Gasteiger partial charge in [-0.1, -0.05) is 26.8 Å². The van der Waals surface area contributed by atoms with E-state index >= 15 is 0 Å². The Bertz CT molecular complexity index is 668. The number of carboxylic acids is 1. The highest BCUT2D eigenvalue weighted by Crippen LogP contribution is 2.17. The highest BCUT2D eigenvalue weighted by Gasteiger charge is 2.23. The number of rotatable bonds is 8. The van der Waals surface area contributed by atoms with Crippen LogP contribution in [0.2, 0.25) is 0 Å². The molecule has 7 nitrogen and oxygen atoms in total. The third-order valence-corrected chi connectivity index (χ3v) is 5.50. The lowest BCUT2D eigenvalue weighted by Gasteiger charge is -2.19. The third-order valence-electron chi connectivity index (χ3n) is 3.45. The number of hydrogen-bond donors (Lipinski definition) is 2. The fourth-order valence-electron chi connectivity index (χ4n) is 2.09. The molecule has 8 heteroatoms. The smallest absolute Gasteiger partial charge is 0.326 e. The Balaban J connectivity index is 3.10. The third kappa shape index (κ3) is 4.52. The summed E-state index contributed by atoms with van der Waals surface area (Å²) in [6, 6.07) is 4.58. The quantitative estimate of drug-likeness (QED) is 0.741. The van der Waals surface area contributed by atoms with Crippen LogP contribution < -0.4 is 5.32 Å². The van der Waals surface area contributed by atoms with Crippen LogP contribution in [-0.2, 0) is 14.8 Å². The molecule has 1 aromatic rings. The average Bonchev–Trinajstić information content (AvgIpc) is 2.53. The number of amides is 1. The molecule has 0 aliphatic carbocycles. The van der Waals surface area contributed by atoms with Gasteiger partial charge in [-0.05, 0) is 24.6 Å². The number of nitrogens with zero attached hydrogens (tertiary/aromatic N) is 1. The second-order valence-corrected chi connectivity index (χ2v) is 6.83. The van der Waals surface area contributed by atoms with Crippen LogP contribution >= 0.6 is 0 Å². The zero-order valence-electron chi connectivity index (χ0n) is 13.4. The molecule has 1 aromatic carbocycles. The normalized spacial score (nSPS) is 12.9. The van der Waals surface area contributed by atoms with Crippen LogP contribution in [0.15, 0.2) is 29.2 Å². The van der Waals surface area contributed by atoms with E-state index in [1.54, 1.807) is 20.8 Å². The Labute approximate surface area is 136 Å². The van der Waals surface area contributed by atoms with Crippen LogP contribution in [0.3, 0.4) is 0 Å². The van der Waals surface area contributed by atoms with Gasteiger partial charge in [0.25, 0.3) is 5.91 Å². The van der Waals surface area contributed by atoms with Gasteiger partial charge in [-0.3, -0.25) is 4.79 Å². The molecule has 1 atom stereocenters. The van der Waals surface area contributed by atoms with Gasteiger partial charge >= 0.3 is 5.97 Å². The minimum Gasteiger partial charge on any atom is -0.480 e. The first kappa shape index (κ1) is 19.1. The maximum absolute atomic E-state index is 12.5. The lowest BCUT2D eigenvalue weighted by molar-refractivity contribution is -0.139. The van der Waals surface area contributed by atoms with E-state index in [2.05, 4.69) is 5.32 Å². The molecule has 0 aromatic heterocycles. The van der Waals surface area contributed by atoms with E-state index in [0.717, 1.165) is 0 Å². The molecule has 0 saturated carbocycles. The van der Waals surface area contributed by atoms with E-state index in [4.69, 9.17) is 5.11 Å². The summed E-state index contributed by atoms with van der Waals surface area (Å²) >= 11 is 0. The first-order chi connectivity index (χ1) is 10.8. The molecule has 1 amide bonds. The van der Waals surface area contributed by atoms with E-state index < -0.39 is 27.9 Å². The van der Waals surface area contributed by atoms with Crippen LogP contribution in [0.1, 0.15) is 37.6 Å². The number of nitrogens with one attached hydrogen (secondary N) is 1. The van der Waals surface area contributed by atoms with E-state index in [1.807, 2.05) is 0 Å². The Hall–Kier alpha value is -1.93. The Morgan fingerprint density at radius 3 is 2.30 bits per heavy atom. The van der Waals surface area contributed by atoms with Gasteiger partial charge in [-0.2, -0.15) is 4.31 Å². The fourth-order valence-corrected chi connectivity index (χ4v) is 3.59. The minimum atomic E-state index is -3.67. The highest BCUT2D eigenvalue weighted by molar-refractivity contribution is 7.89. The number of benzene rings is 1. The summed E-state index contributed by atoms with van der Waals surface area (Å²) in [5.41, 5.74) is 0.109. The van der Waals surface area contributed by atoms with Gasteiger partial charge in [0, 0.05) is 18.7 Å². The fraction of sp³-hybridized carbons (Fsp3) is 0.467. The molecule has 0 saturated heterocycles. The van der Waals surface area contributed by atoms with E-state index in [1.165, 1.54) is 28.6 Å². The second kappa shape index (κ2) is 8.07. The van der Waals surface area contributed by atoms with Crippen LogP contribution in [-0.4, -0.2) is 48.8 Å². The van der Waals surface area contributed by atoms with Gasteiger partial charge in [0.2, 0.25) is 10.0 Å². The molecule has 23 heavy (non-hydrogen) atoms. The molecule has 0 heterocycles. The van der Waals surface area contributed by atoms with Gasteiger partial charge in [0.15, 0.2) is 0 Å². The molecule has 0 bridgehead atoms. The van der Waals surface area contributed by atoms with Crippen molar-refractivity contribution in [3.05, 3.63) is 29.8 Å². The van der Waals surface area contributed by atoms with Crippen molar-refractivity contribution in [3.8, 4) is 0 Å². The summed E-state index contributed by atoms with van der Waals surface area (Å²) < 4.78 is 26.2. The highest BCUT2D eigenvalue weighted by atomic mass is 32.2. The van der Waals surface area contributed by atoms with Gasteiger partial charge in [0.1, 0.15) is 6.04 Å². The van der Waals surface area contributed by atoms with Crippen molar-refractivity contribution in [1.29, 1.82) is 0 Å². The molecule has 128 valence electrons. The molecule has 2 N–H and O–H groups in total. The van der Waals surface area contributed by atoms with Gasteiger partial charge in [-0.25, -0.2) is 13.2 Å². The van der Waals surface area contributed by atoms with Crippen molar-refractivity contribution < 1.29 is 23.1 Å². The monoisotopic (exact) mass is 342 g/mol. The van der Waals surface area contributed by atoms with Crippen LogP contribution in [0.5, 0.6) is 0 Å². The molecule has 0 radical (unpaired) electrons. The summed E-state index contributed by atoms with van der Waals surface area (Å²) in [7, 11) is -3.67. The summed E-state index contributed by atoms with van der Waals surface area (Å²) in [6.07, 6.45) is 0.235. The van der Waals surface area contributed by atoms with E-state index in [0.29, 0.717) is 13.1 Å². The average molecular weight is 342 g/mol. The topological polar surface area (TPSA) is 104 Å². The minimum absolute atomic E-state index is 0.0113. The molecule has 1 unspecified atom stereocenters. The van der Waals surface area contributed by atoms with Crippen molar-refractivity contribution in [3.63, 3.8) is 0 Å². The van der Waals surface area contributed by atoms with E-state index in [9.17, 15) is 18.0 Å². The zero-order valence-corrected chi connectivity index (χ0v) is 14.3. The van der Waals surface area contributed by atoms with Crippen molar-refractivity contribution in [1.82, 2.24) is 9.62 Å². The summed E-state index contributed by atoms with van der Waals surface area (Å²) in [4.78, 5) is 23.1. The van der Waals surface area contributed by atoms with E-state index in [-0.39, 0.29) is 16.9 Å².